The molecule has 0 bridgehead atoms. The van der Waals surface area contributed by atoms with Crippen molar-refractivity contribution in [2.75, 3.05) is 44.4 Å². The van der Waals surface area contributed by atoms with Gasteiger partial charge in [-0.3, -0.25) is 4.79 Å². The molecule has 0 radical (unpaired) electrons. The molecule has 146 valence electrons. The van der Waals surface area contributed by atoms with Crippen molar-refractivity contribution in [2.24, 2.45) is 0 Å². The molecule has 1 aromatic carbocycles. The van der Waals surface area contributed by atoms with Gasteiger partial charge in [0.05, 0.1) is 12.4 Å². The van der Waals surface area contributed by atoms with E-state index in [-0.39, 0.29) is 24.7 Å². The Morgan fingerprint density at radius 2 is 2.19 bits per heavy atom. The number of carbonyl (C=O) groups is 1. The summed E-state index contributed by atoms with van der Waals surface area (Å²) < 4.78 is 44.6. The number of amides is 1. The van der Waals surface area contributed by atoms with E-state index in [1.807, 2.05) is 0 Å². The Balaban J connectivity index is 2.24. The summed E-state index contributed by atoms with van der Waals surface area (Å²) in [5, 5.41) is 5.83. The van der Waals surface area contributed by atoms with Gasteiger partial charge in [-0.2, -0.15) is 4.31 Å². The summed E-state index contributed by atoms with van der Waals surface area (Å²) in [4.78, 5) is 12.8. The SMILES string of the molecule is CCCS(=O)(=O)N1CCC(Nc2cccc(F)c2)(C(=O)NCCOC)C1. The molecular weight excluding hydrogens is 361 g/mol. The summed E-state index contributed by atoms with van der Waals surface area (Å²) in [5.74, 6) is -0.722. The van der Waals surface area contributed by atoms with Gasteiger partial charge in [0.2, 0.25) is 15.9 Å². The van der Waals surface area contributed by atoms with Gasteiger partial charge in [0.25, 0.3) is 0 Å². The highest BCUT2D eigenvalue weighted by atomic mass is 32.2. The third-order valence-electron chi connectivity index (χ3n) is 4.32. The summed E-state index contributed by atoms with van der Waals surface area (Å²) in [5.41, 5.74) is -0.718. The molecule has 0 spiro atoms. The maximum absolute atomic E-state index is 13.5. The van der Waals surface area contributed by atoms with Crippen molar-refractivity contribution in [1.29, 1.82) is 0 Å². The van der Waals surface area contributed by atoms with Gasteiger partial charge in [-0.05, 0) is 31.0 Å². The van der Waals surface area contributed by atoms with E-state index in [2.05, 4.69) is 10.6 Å². The Morgan fingerprint density at radius 3 is 2.85 bits per heavy atom. The molecule has 1 heterocycles. The van der Waals surface area contributed by atoms with Gasteiger partial charge in [0.1, 0.15) is 11.4 Å². The average Bonchev–Trinajstić information content (AvgIpc) is 3.01. The topological polar surface area (TPSA) is 87.7 Å². The fourth-order valence-electron chi connectivity index (χ4n) is 3.02. The lowest BCUT2D eigenvalue weighted by Crippen LogP contribution is -2.55. The predicted molar refractivity (Wildman–Crippen MR) is 97.9 cm³/mol. The van der Waals surface area contributed by atoms with Crippen LogP contribution in [0, 0.1) is 5.82 Å². The number of hydrogen-bond acceptors (Lipinski definition) is 5. The monoisotopic (exact) mass is 387 g/mol. The quantitative estimate of drug-likeness (QED) is 0.622. The molecule has 1 aliphatic heterocycles. The van der Waals surface area contributed by atoms with Crippen LogP contribution in [0.5, 0.6) is 0 Å². The Labute approximate surface area is 154 Å². The molecule has 0 aliphatic carbocycles. The van der Waals surface area contributed by atoms with Crippen LogP contribution in [0.3, 0.4) is 0 Å². The number of carbonyl (C=O) groups excluding carboxylic acids is 1. The molecule has 26 heavy (non-hydrogen) atoms. The Morgan fingerprint density at radius 1 is 1.42 bits per heavy atom. The van der Waals surface area contributed by atoms with Crippen LogP contribution in [0.2, 0.25) is 0 Å². The number of ether oxygens (including phenoxy) is 1. The summed E-state index contributed by atoms with van der Waals surface area (Å²) in [6, 6.07) is 5.78. The number of hydrogen-bond donors (Lipinski definition) is 2. The molecule has 1 amide bonds. The van der Waals surface area contributed by atoms with E-state index in [0.29, 0.717) is 31.7 Å². The van der Waals surface area contributed by atoms with Crippen LogP contribution in [-0.4, -0.2) is 63.3 Å². The molecule has 2 rings (SSSR count). The minimum Gasteiger partial charge on any atom is -0.383 e. The number of benzene rings is 1. The van der Waals surface area contributed by atoms with Crippen molar-refractivity contribution < 1.29 is 22.3 Å². The molecule has 1 fully saturated rings. The normalized spacial score (nSPS) is 20.9. The minimum absolute atomic E-state index is 0.00463. The smallest absolute Gasteiger partial charge is 0.247 e. The first kappa shape index (κ1) is 20.6. The first-order valence-electron chi connectivity index (χ1n) is 8.62. The number of sulfonamides is 1. The van der Waals surface area contributed by atoms with Gasteiger partial charge in [-0.25, -0.2) is 12.8 Å². The van der Waals surface area contributed by atoms with E-state index >= 15 is 0 Å². The van der Waals surface area contributed by atoms with Crippen LogP contribution in [0.4, 0.5) is 10.1 Å². The van der Waals surface area contributed by atoms with Gasteiger partial charge >= 0.3 is 0 Å². The fraction of sp³-hybridized carbons (Fsp3) is 0.588. The first-order valence-corrected chi connectivity index (χ1v) is 10.2. The average molecular weight is 387 g/mol. The van der Waals surface area contributed by atoms with Crippen molar-refractivity contribution >= 4 is 21.6 Å². The lowest BCUT2D eigenvalue weighted by Gasteiger charge is -2.30. The van der Waals surface area contributed by atoms with Crippen LogP contribution >= 0.6 is 0 Å². The number of nitrogens with zero attached hydrogens (tertiary/aromatic N) is 1. The molecule has 1 unspecified atom stereocenters. The first-order chi connectivity index (χ1) is 12.3. The number of rotatable bonds is 9. The van der Waals surface area contributed by atoms with Gasteiger partial charge < -0.3 is 15.4 Å². The second kappa shape index (κ2) is 8.79. The summed E-state index contributed by atoms with van der Waals surface area (Å²) in [6.45, 7) is 2.69. The zero-order valence-electron chi connectivity index (χ0n) is 15.1. The third-order valence-corrected chi connectivity index (χ3v) is 6.35. The number of methoxy groups -OCH3 is 1. The molecule has 1 saturated heterocycles. The molecule has 7 nitrogen and oxygen atoms in total. The second-order valence-corrected chi connectivity index (χ2v) is 8.45. The molecule has 1 aliphatic rings. The zero-order chi connectivity index (χ0) is 19.2. The summed E-state index contributed by atoms with van der Waals surface area (Å²) in [7, 11) is -1.90. The van der Waals surface area contributed by atoms with Crippen molar-refractivity contribution in [1.82, 2.24) is 9.62 Å². The molecule has 0 saturated carbocycles. The van der Waals surface area contributed by atoms with Crippen molar-refractivity contribution in [3.63, 3.8) is 0 Å². The van der Waals surface area contributed by atoms with Gasteiger partial charge in [0.15, 0.2) is 0 Å². The highest BCUT2D eigenvalue weighted by molar-refractivity contribution is 7.89. The van der Waals surface area contributed by atoms with E-state index in [9.17, 15) is 17.6 Å². The standard InChI is InChI=1S/C17H26FN3O4S/c1-3-11-26(23,24)21-9-7-17(13-21,16(22)19-8-10-25-2)20-15-6-4-5-14(18)12-15/h4-6,12,20H,3,7-11,13H2,1-2H3,(H,19,22). The highest BCUT2D eigenvalue weighted by Crippen LogP contribution is 2.29. The summed E-state index contributed by atoms with van der Waals surface area (Å²) >= 11 is 0. The molecule has 1 atom stereocenters. The molecular formula is C17H26FN3O4S. The van der Waals surface area contributed by atoms with E-state index in [0.717, 1.165) is 0 Å². The predicted octanol–water partition coefficient (Wildman–Crippen LogP) is 1.18. The van der Waals surface area contributed by atoms with Crippen molar-refractivity contribution in [3.05, 3.63) is 30.1 Å². The van der Waals surface area contributed by atoms with E-state index < -0.39 is 21.4 Å². The van der Waals surface area contributed by atoms with E-state index in [4.69, 9.17) is 4.74 Å². The lowest BCUT2D eigenvalue weighted by molar-refractivity contribution is -0.125. The Bertz CT molecular complexity index is 728. The lowest BCUT2D eigenvalue weighted by atomic mass is 9.96. The third kappa shape index (κ3) is 4.93. The van der Waals surface area contributed by atoms with Crippen LogP contribution in [0.15, 0.2) is 24.3 Å². The van der Waals surface area contributed by atoms with Gasteiger partial charge in [-0.1, -0.05) is 13.0 Å². The van der Waals surface area contributed by atoms with E-state index in [1.54, 1.807) is 13.0 Å². The van der Waals surface area contributed by atoms with Crippen molar-refractivity contribution in [3.8, 4) is 0 Å². The zero-order valence-corrected chi connectivity index (χ0v) is 15.9. The Kier molecular flexibility index (Phi) is 6.96. The van der Waals surface area contributed by atoms with Crippen LogP contribution in [0.25, 0.3) is 0 Å². The van der Waals surface area contributed by atoms with Crippen LogP contribution < -0.4 is 10.6 Å². The Hall–Kier alpha value is -1.71. The van der Waals surface area contributed by atoms with Gasteiger partial charge in [-0.15, -0.1) is 0 Å². The van der Waals surface area contributed by atoms with Gasteiger partial charge in [0, 0.05) is 32.4 Å². The van der Waals surface area contributed by atoms with Crippen LogP contribution in [0.1, 0.15) is 19.8 Å². The molecule has 0 aromatic heterocycles. The van der Waals surface area contributed by atoms with E-state index in [1.165, 1.54) is 29.6 Å². The van der Waals surface area contributed by atoms with Crippen LogP contribution in [-0.2, 0) is 19.6 Å². The molecule has 1 aromatic rings. The second-order valence-electron chi connectivity index (χ2n) is 6.37. The number of anilines is 1. The number of halogens is 1. The maximum Gasteiger partial charge on any atom is 0.247 e. The van der Waals surface area contributed by atoms with Crippen molar-refractivity contribution in [2.45, 2.75) is 25.3 Å². The number of nitrogens with one attached hydrogen (secondary N) is 2. The molecule has 2 N–H and O–H groups in total. The minimum atomic E-state index is -3.43. The fourth-order valence-corrected chi connectivity index (χ4v) is 4.58. The maximum atomic E-state index is 13.5. The summed E-state index contributed by atoms with van der Waals surface area (Å²) in [6.07, 6.45) is 0.800. The molecule has 9 heteroatoms. The largest absolute Gasteiger partial charge is 0.383 e. The highest BCUT2D eigenvalue weighted by Gasteiger charge is 2.47.